The summed E-state index contributed by atoms with van der Waals surface area (Å²) >= 11 is 1.41. The number of hydrogen-bond acceptors (Lipinski definition) is 5. The molecule has 172 valence electrons. The summed E-state index contributed by atoms with van der Waals surface area (Å²) in [5.41, 5.74) is 3.86. The maximum absolute atomic E-state index is 13.3. The van der Waals surface area contributed by atoms with Gasteiger partial charge in [-0.3, -0.25) is 9.36 Å². The van der Waals surface area contributed by atoms with Crippen LogP contribution < -0.4 is 10.1 Å². The van der Waals surface area contributed by atoms with Gasteiger partial charge in [-0.05, 0) is 49.6 Å². The molecule has 0 spiro atoms. The van der Waals surface area contributed by atoms with E-state index in [0.717, 1.165) is 35.2 Å². The summed E-state index contributed by atoms with van der Waals surface area (Å²) in [6.07, 6.45) is 2.07. The van der Waals surface area contributed by atoms with Gasteiger partial charge < -0.3 is 10.1 Å². The Bertz CT molecular complexity index is 1280. The molecule has 0 bridgehead atoms. The van der Waals surface area contributed by atoms with Crippen molar-refractivity contribution in [2.45, 2.75) is 36.2 Å². The number of aryl methyl sites for hydroxylation is 1. The summed E-state index contributed by atoms with van der Waals surface area (Å²) in [6.45, 7) is 2.06. The van der Waals surface area contributed by atoms with Crippen molar-refractivity contribution in [1.82, 2.24) is 20.1 Å². The van der Waals surface area contributed by atoms with E-state index in [1.807, 2.05) is 71.3 Å². The van der Waals surface area contributed by atoms with Crippen LogP contribution in [0.1, 0.15) is 29.2 Å². The van der Waals surface area contributed by atoms with Gasteiger partial charge in [-0.1, -0.05) is 71.9 Å². The number of carbonyl (C=O) groups is 1. The minimum absolute atomic E-state index is 0.00371. The Morgan fingerprint density at radius 3 is 2.41 bits per heavy atom. The molecule has 1 fully saturated rings. The number of benzene rings is 3. The average Bonchev–Trinajstić information content (AvgIpc) is 3.59. The van der Waals surface area contributed by atoms with Crippen LogP contribution >= 0.6 is 11.8 Å². The largest absolute Gasteiger partial charge is 0.496 e. The van der Waals surface area contributed by atoms with Crippen LogP contribution in [0.5, 0.6) is 5.75 Å². The Morgan fingerprint density at radius 1 is 1.00 bits per heavy atom. The van der Waals surface area contributed by atoms with Gasteiger partial charge in [-0.2, -0.15) is 0 Å². The molecule has 1 aliphatic rings. The van der Waals surface area contributed by atoms with E-state index in [4.69, 9.17) is 4.74 Å². The van der Waals surface area contributed by atoms with Gasteiger partial charge in [0.05, 0.1) is 12.7 Å². The second kappa shape index (κ2) is 9.73. The number of ether oxygens (including phenoxy) is 1. The van der Waals surface area contributed by atoms with Gasteiger partial charge >= 0.3 is 0 Å². The zero-order valence-corrected chi connectivity index (χ0v) is 20.0. The van der Waals surface area contributed by atoms with Crippen LogP contribution in [0.3, 0.4) is 0 Å². The number of hydrogen-bond donors (Lipinski definition) is 1. The van der Waals surface area contributed by atoms with Gasteiger partial charge in [0.2, 0.25) is 5.91 Å². The third-order valence-electron chi connectivity index (χ3n) is 5.76. The number of carbonyl (C=O) groups excluding carboxylic acids is 1. The molecule has 0 radical (unpaired) electrons. The SMILES string of the molecule is COc1ccccc1-c1nnc(SC(C(=O)NC2CC2)c2ccccc2)n1-c1ccc(C)cc1. The molecule has 1 atom stereocenters. The minimum atomic E-state index is -0.444. The van der Waals surface area contributed by atoms with E-state index < -0.39 is 5.25 Å². The molecule has 4 aromatic rings. The van der Waals surface area contributed by atoms with Crippen LogP contribution in [-0.2, 0) is 4.79 Å². The predicted molar refractivity (Wildman–Crippen MR) is 134 cm³/mol. The van der Waals surface area contributed by atoms with Crippen molar-refractivity contribution in [3.8, 4) is 22.8 Å². The number of para-hydroxylation sites is 1. The van der Waals surface area contributed by atoms with Crippen LogP contribution in [0, 0.1) is 6.92 Å². The topological polar surface area (TPSA) is 69.0 Å². The lowest BCUT2D eigenvalue weighted by Gasteiger charge is -2.18. The second-order valence-electron chi connectivity index (χ2n) is 8.37. The number of thioether (sulfide) groups is 1. The molecule has 1 saturated carbocycles. The number of nitrogens with one attached hydrogen (secondary N) is 1. The highest BCUT2D eigenvalue weighted by Crippen LogP contribution is 2.39. The quantitative estimate of drug-likeness (QED) is 0.351. The van der Waals surface area contributed by atoms with Crippen molar-refractivity contribution in [3.63, 3.8) is 0 Å². The van der Waals surface area contributed by atoms with Gasteiger partial charge in [0.1, 0.15) is 11.0 Å². The maximum atomic E-state index is 13.3. The number of amides is 1. The highest BCUT2D eigenvalue weighted by atomic mass is 32.2. The molecule has 1 N–H and O–H groups in total. The molecular formula is C27H26N4O2S. The lowest BCUT2D eigenvalue weighted by Crippen LogP contribution is -2.29. The number of nitrogens with zero attached hydrogens (tertiary/aromatic N) is 3. The molecule has 0 aliphatic heterocycles. The van der Waals surface area contributed by atoms with Crippen molar-refractivity contribution in [2.24, 2.45) is 0 Å². The zero-order chi connectivity index (χ0) is 23.5. The average molecular weight is 471 g/mol. The summed E-state index contributed by atoms with van der Waals surface area (Å²) < 4.78 is 7.61. The molecule has 1 heterocycles. The third-order valence-corrected chi connectivity index (χ3v) is 6.96. The smallest absolute Gasteiger partial charge is 0.238 e. The molecule has 0 saturated heterocycles. The van der Waals surface area contributed by atoms with Gasteiger partial charge in [-0.15, -0.1) is 10.2 Å². The Balaban J connectivity index is 1.60. The van der Waals surface area contributed by atoms with Crippen LogP contribution in [0.2, 0.25) is 0 Å². The zero-order valence-electron chi connectivity index (χ0n) is 19.1. The fourth-order valence-corrected chi connectivity index (χ4v) is 4.85. The summed E-state index contributed by atoms with van der Waals surface area (Å²) in [7, 11) is 1.65. The van der Waals surface area contributed by atoms with E-state index in [0.29, 0.717) is 16.7 Å². The van der Waals surface area contributed by atoms with Crippen LogP contribution in [0.4, 0.5) is 0 Å². The first kappa shape index (κ1) is 22.2. The van der Waals surface area contributed by atoms with Crippen molar-refractivity contribution < 1.29 is 9.53 Å². The van der Waals surface area contributed by atoms with E-state index in [2.05, 4.69) is 34.6 Å². The van der Waals surface area contributed by atoms with E-state index in [1.165, 1.54) is 11.8 Å². The molecule has 1 unspecified atom stereocenters. The Labute approximate surface area is 203 Å². The van der Waals surface area contributed by atoms with Crippen LogP contribution in [-0.4, -0.2) is 33.8 Å². The number of methoxy groups -OCH3 is 1. The van der Waals surface area contributed by atoms with Gasteiger partial charge in [0.25, 0.3) is 0 Å². The Hall–Kier alpha value is -3.58. The van der Waals surface area contributed by atoms with Crippen molar-refractivity contribution >= 4 is 17.7 Å². The highest BCUT2D eigenvalue weighted by Gasteiger charge is 2.31. The van der Waals surface area contributed by atoms with E-state index in [9.17, 15) is 4.79 Å². The summed E-state index contributed by atoms with van der Waals surface area (Å²) in [5, 5.41) is 12.5. The van der Waals surface area contributed by atoms with Crippen LogP contribution in [0.25, 0.3) is 17.1 Å². The van der Waals surface area contributed by atoms with E-state index in [1.54, 1.807) is 7.11 Å². The predicted octanol–water partition coefficient (Wildman–Crippen LogP) is 5.36. The fourth-order valence-electron chi connectivity index (χ4n) is 3.79. The minimum Gasteiger partial charge on any atom is -0.496 e. The first-order chi connectivity index (χ1) is 16.6. The van der Waals surface area contributed by atoms with Gasteiger partial charge in [0, 0.05) is 11.7 Å². The van der Waals surface area contributed by atoms with E-state index in [-0.39, 0.29) is 11.9 Å². The van der Waals surface area contributed by atoms with E-state index >= 15 is 0 Å². The molecule has 7 heteroatoms. The lowest BCUT2D eigenvalue weighted by molar-refractivity contribution is -0.120. The first-order valence-corrected chi connectivity index (χ1v) is 12.2. The maximum Gasteiger partial charge on any atom is 0.238 e. The highest BCUT2D eigenvalue weighted by molar-refractivity contribution is 8.00. The molecule has 1 aliphatic carbocycles. The standard InChI is InChI=1S/C27H26N4O2S/c1-18-12-16-21(17-13-18)31-25(22-10-6-7-11-23(22)33-2)29-30-27(31)34-24(19-8-4-3-5-9-19)26(32)28-20-14-15-20/h3-13,16-17,20,24H,14-15H2,1-2H3,(H,28,32). The van der Waals surface area contributed by atoms with Crippen molar-refractivity contribution in [1.29, 1.82) is 0 Å². The summed E-state index contributed by atoms with van der Waals surface area (Å²) in [4.78, 5) is 13.3. The van der Waals surface area contributed by atoms with Crippen LogP contribution in [0.15, 0.2) is 84.0 Å². The normalized spacial score (nSPS) is 13.9. The molecule has 34 heavy (non-hydrogen) atoms. The molecule has 6 nitrogen and oxygen atoms in total. The first-order valence-electron chi connectivity index (χ1n) is 11.3. The second-order valence-corrected chi connectivity index (χ2v) is 9.44. The lowest BCUT2D eigenvalue weighted by atomic mass is 10.1. The Kier molecular flexibility index (Phi) is 6.36. The van der Waals surface area contributed by atoms with Gasteiger partial charge in [-0.25, -0.2) is 0 Å². The molecular weight excluding hydrogens is 444 g/mol. The fraction of sp³-hybridized carbons (Fsp3) is 0.222. The molecule has 5 rings (SSSR count). The molecule has 1 aromatic heterocycles. The third kappa shape index (κ3) is 4.70. The molecule has 3 aromatic carbocycles. The van der Waals surface area contributed by atoms with Gasteiger partial charge in [0.15, 0.2) is 11.0 Å². The Morgan fingerprint density at radius 2 is 1.71 bits per heavy atom. The van der Waals surface area contributed by atoms with Crippen molar-refractivity contribution in [3.05, 3.63) is 90.0 Å². The summed E-state index contributed by atoms with van der Waals surface area (Å²) in [5.74, 6) is 1.38. The van der Waals surface area contributed by atoms with Crippen molar-refractivity contribution in [2.75, 3.05) is 7.11 Å². The number of rotatable bonds is 8. The summed E-state index contributed by atoms with van der Waals surface area (Å²) in [6, 6.07) is 26.1. The monoisotopic (exact) mass is 470 g/mol. The molecule has 1 amide bonds. The number of aromatic nitrogens is 3.